The zero-order valence-electron chi connectivity index (χ0n) is 9.55. The van der Waals surface area contributed by atoms with Crippen LogP contribution in [0.1, 0.15) is 21.5 Å². The van der Waals surface area contributed by atoms with E-state index in [-0.39, 0.29) is 6.54 Å². The minimum absolute atomic E-state index is 0.129. The number of aromatic carboxylic acids is 1. The summed E-state index contributed by atoms with van der Waals surface area (Å²) >= 11 is 0. The monoisotopic (exact) mass is 270 g/mol. The summed E-state index contributed by atoms with van der Waals surface area (Å²) in [5.41, 5.74) is -1.22. The summed E-state index contributed by atoms with van der Waals surface area (Å²) in [5, 5.41) is 8.78. The zero-order chi connectivity index (χ0) is 14.0. The Bertz CT molecular complexity index is 591. The molecule has 0 bridgehead atoms. The van der Waals surface area contributed by atoms with E-state index in [1.54, 1.807) is 18.3 Å². The highest BCUT2D eigenvalue weighted by Gasteiger charge is 2.36. The molecule has 0 aliphatic rings. The summed E-state index contributed by atoms with van der Waals surface area (Å²) in [4.78, 5) is 14.7. The first-order valence-electron chi connectivity index (χ1n) is 5.27. The molecule has 4 nitrogen and oxygen atoms in total. The van der Waals surface area contributed by atoms with E-state index in [1.807, 2.05) is 0 Å². The predicted molar refractivity (Wildman–Crippen MR) is 59.7 cm³/mol. The molecule has 0 unspecified atom stereocenters. The van der Waals surface area contributed by atoms with Crippen LogP contribution in [0.2, 0.25) is 0 Å². The number of alkyl halides is 3. The molecule has 0 aliphatic heterocycles. The number of rotatable bonds is 3. The fourth-order valence-corrected chi connectivity index (χ4v) is 1.70. The van der Waals surface area contributed by atoms with Gasteiger partial charge in [0.05, 0.1) is 11.1 Å². The molecule has 19 heavy (non-hydrogen) atoms. The van der Waals surface area contributed by atoms with Gasteiger partial charge in [0, 0.05) is 31.3 Å². The Morgan fingerprint density at radius 1 is 1.37 bits per heavy atom. The lowest BCUT2D eigenvalue weighted by atomic mass is 10.2. The summed E-state index contributed by atoms with van der Waals surface area (Å²) in [6.07, 6.45) is 0.124. The Labute approximate surface area is 106 Å². The summed E-state index contributed by atoms with van der Waals surface area (Å²) in [5.74, 6) is -1.60. The van der Waals surface area contributed by atoms with E-state index in [2.05, 4.69) is 4.98 Å². The average Bonchev–Trinajstić information content (AvgIpc) is 2.74. The third kappa shape index (κ3) is 2.93. The molecule has 0 radical (unpaired) electrons. The molecule has 2 heterocycles. The largest absolute Gasteiger partial charge is 0.478 e. The second-order valence-corrected chi connectivity index (χ2v) is 3.92. The van der Waals surface area contributed by atoms with Crippen molar-refractivity contribution in [2.45, 2.75) is 12.7 Å². The molecule has 1 N–H and O–H groups in total. The summed E-state index contributed by atoms with van der Waals surface area (Å²) < 4.78 is 39.2. The molecule has 0 fully saturated rings. The van der Waals surface area contributed by atoms with E-state index in [9.17, 15) is 18.0 Å². The lowest BCUT2D eigenvalue weighted by Crippen LogP contribution is -2.09. The van der Waals surface area contributed by atoms with Crippen molar-refractivity contribution in [2.24, 2.45) is 0 Å². The van der Waals surface area contributed by atoms with Gasteiger partial charge in [-0.2, -0.15) is 13.2 Å². The molecule has 0 saturated carbocycles. The number of nitrogens with zero attached hydrogens (tertiary/aromatic N) is 2. The van der Waals surface area contributed by atoms with Crippen LogP contribution in [-0.2, 0) is 12.7 Å². The highest BCUT2D eigenvalue weighted by Crippen LogP contribution is 2.32. The van der Waals surface area contributed by atoms with Crippen LogP contribution in [0.3, 0.4) is 0 Å². The molecular formula is C12H9F3N2O2. The lowest BCUT2D eigenvalue weighted by Gasteiger charge is -2.04. The van der Waals surface area contributed by atoms with Crippen LogP contribution in [0.5, 0.6) is 0 Å². The van der Waals surface area contributed by atoms with Crippen molar-refractivity contribution in [3.8, 4) is 0 Å². The van der Waals surface area contributed by atoms with Crippen LogP contribution in [0.15, 0.2) is 36.9 Å². The first-order valence-corrected chi connectivity index (χ1v) is 5.27. The van der Waals surface area contributed by atoms with Crippen molar-refractivity contribution in [3.63, 3.8) is 0 Å². The van der Waals surface area contributed by atoms with Crippen molar-refractivity contribution in [1.29, 1.82) is 0 Å². The fourth-order valence-electron chi connectivity index (χ4n) is 1.70. The molecule has 0 aliphatic carbocycles. The molecule has 0 saturated heterocycles. The number of carboxylic acid groups (broad SMARTS) is 1. The minimum atomic E-state index is -4.69. The quantitative estimate of drug-likeness (QED) is 0.932. The van der Waals surface area contributed by atoms with Crippen molar-refractivity contribution < 1.29 is 23.1 Å². The topological polar surface area (TPSA) is 55.1 Å². The summed E-state index contributed by atoms with van der Waals surface area (Å²) in [6.45, 7) is 0.129. The number of carbonyl (C=O) groups is 1. The minimum Gasteiger partial charge on any atom is -0.478 e. The van der Waals surface area contributed by atoms with E-state index in [1.165, 1.54) is 10.8 Å². The molecule has 2 rings (SSSR count). The van der Waals surface area contributed by atoms with Gasteiger partial charge in [-0.15, -0.1) is 0 Å². The molecule has 2 aromatic heterocycles. The Balaban J connectivity index is 2.36. The van der Waals surface area contributed by atoms with Crippen LogP contribution in [0, 0.1) is 0 Å². The summed E-state index contributed by atoms with van der Waals surface area (Å²) in [6, 6.07) is 3.35. The van der Waals surface area contributed by atoms with Crippen LogP contribution < -0.4 is 0 Å². The maximum absolute atomic E-state index is 12.7. The number of halogens is 3. The Kier molecular flexibility index (Phi) is 3.28. The van der Waals surface area contributed by atoms with Crippen LogP contribution in [0.25, 0.3) is 0 Å². The lowest BCUT2D eigenvalue weighted by molar-refractivity contribution is -0.138. The van der Waals surface area contributed by atoms with Gasteiger partial charge in [-0.25, -0.2) is 4.79 Å². The highest BCUT2D eigenvalue weighted by atomic mass is 19.4. The predicted octanol–water partition coefficient (Wildman–Crippen LogP) is 2.65. The second-order valence-electron chi connectivity index (χ2n) is 3.92. The van der Waals surface area contributed by atoms with Gasteiger partial charge in [-0.1, -0.05) is 6.07 Å². The Hall–Kier alpha value is -2.31. The maximum atomic E-state index is 12.7. The van der Waals surface area contributed by atoms with Gasteiger partial charge in [0.1, 0.15) is 0 Å². The van der Waals surface area contributed by atoms with Gasteiger partial charge in [-0.05, 0) is 11.6 Å². The standard InChI is InChI=1S/C12H9F3N2O2/c13-12(14,15)10-7-17(6-9(10)11(18)19)5-8-2-1-3-16-4-8/h1-4,6-7H,5H2,(H,18,19). The van der Waals surface area contributed by atoms with Gasteiger partial charge in [0.2, 0.25) is 0 Å². The number of hydrogen-bond donors (Lipinski definition) is 1. The van der Waals surface area contributed by atoms with E-state index in [0.717, 1.165) is 12.4 Å². The molecule has 0 atom stereocenters. The van der Waals surface area contributed by atoms with Crippen LogP contribution >= 0.6 is 0 Å². The van der Waals surface area contributed by atoms with E-state index in [4.69, 9.17) is 5.11 Å². The van der Waals surface area contributed by atoms with Gasteiger partial charge < -0.3 is 9.67 Å². The number of carboxylic acids is 1. The Morgan fingerprint density at radius 2 is 2.11 bits per heavy atom. The first kappa shape index (κ1) is 13.1. The van der Waals surface area contributed by atoms with E-state index in [0.29, 0.717) is 5.56 Å². The molecule has 100 valence electrons. The normalized spacial score (nSPS) is 11.5. The second kappa shape index (κ2) is 4.75. The number of pyridine rings is 1. The summed E-state index contributed by atoms with van der Waals surface area (Å²) in [7, 11) is 0. The van der Waals surface area contributed by atoms with Crippen LogP contribution in [0.4, 0.5) is 13.2 Å². The molecular weight excluding hydrogens is 261 g/mol. The molecule has 0 spiro atoms. The van der Waals surface area contributed by atoms with Gasteiger partial charge >= 0.3 is 12.1 Å². The van der Waals surface area contributed by atoms with Crippen molar-refractivity contribution >= 4 is 5.97 Å². The maximum Gasteiger partial charge on any atom is 0.418 e. The zero-order valence-corrected chi connectivity index (χ0v) is 9.55. The smallest absolute Gasteiger partial charge is 0.418 e. The van der Waals surface area contributed by atoms with Gasteiger partial charge in [0.15, 0.2) is 0 Å². The SMILES string of the molecule is O=C(O)c1cn(Cc2cccnc2)cc1C(F)(F)F. The molecule has 7 heteroatoms. The highest BCUT2D eigenvalue weighted by molar-refractivity contribution is 5.89. The third-order valence-electron chi connectivity index (χ3n) is 2.50. The van der Waals surface area contributed by atoms with Gasteiger partial charge in [-0.3, -0.25) is 4.98 Å². The van der Waals surface area contributed by atoms with E-state index >= 15 is 0 Å². The van der Waals surface area contributed by atoms with Crippen LogP contribution in [-0.4, -0.2) is 20.6 Å². The number of hydrogen-bond acceptors (Lipinski definition) is 2. The van der Waals surface area contributed by atoms with Crippen molar-refractivity contribution in [3.05, 3.63) is 53.6 Å². The molecule has 2 aromatic rings. The molecule has 0 aromatic carbocycles. The van der Waals surface area contributed by atoms with Gasteiger partial charge in [0.25, 0.3) is 0 Å². The first-order chi connectivity index (χ1) is 8.88. The average molecular weight is 270 g/mol. The van der Waals surface area contributed by atoms with Crippen molar-refractivity contribution in [2.75, 3.05) is 0 Å². The van der Waals surface area contributed by atoms with E-state index < -0.39 is 23.3 Å². The third-order valence-corrected chi connectivity index (χ3v) is 2.50. The van der Waals surface area contributed by atoms with Crippen molar-refractivity contribution in [1.82, 2.24) is 9.55 Å². The molecule has 0 amide bonds. The Morgan fingerprint density at radius 3 is 2.58 bits per heavy atom. The number of aromatic nitrogens is 2. The fraction of sp³-hybridized carbons (Fsp3) is 0.167.